The normalized spacial score (nSPS) is 21.9. The van der Waals surface area contributed by atoms with Crippen molar-refractivity contribution in [2.45, 2.75) is 44.4 Å². The third kappa shape index (κ3) is 3.99. The van der Waals surface area contributed by atoms with Gasteiger partial charge in [-0.15, -0.1) is 0 Å². The standard InChI is InChI=1S/C28H28N4O/c1-17-15-22(31-19(3)29-17)26-24(20-11-7-5-8-12-20)27(25(26)21-13-9-6-10-14-21)23-16-18(2)30-28(32-23)33-4/h5-16,24-27H,1-4H3/t24-,25-,26-,27+/m1/s1. The van der Waals surface area contributed by atoms with Gasteiger partial charge in [-0.3, -0.25) is 0 Å². The zero-order valence-electron chi connectivity index (χ0n) is 19.4. The fourth-order valence-electron chi connectivity index (χ4n) is 5.41. The van der Waals surface area contributed by atoms with Crippen LogP contribution in [0.15, 0.2) is 72.8 Å². The summed E-state index contributed by atoms with van der Waals surface area (Å²) in [5.41, 5.74) is 6.61. The fraction of sp³-hybridized carbons (Fsp3) is 0.286. The van der Waals surface area contributed by atoms with Gasteiger partial charge in [0.1, 0.15) is 5.82 Å². The third-order valence-electron chi connectivity index (χ3n) is 6.62. The molecular weight excluding hydrogens is 408 g/mol. The predicted molar refractivity (Wildman–Crippen MR) is 129 cm³/mol. The number of methoxy groups -OCH3 is 1. The van der Waals surface area contributed by atoms with Crippen molar-refractivity contribution in [3.63, 3.8) is 0 Å². The van der Waals surface area contributed by atoms with Crippen LogP contribution >= 0.6 is 0 Å². The van der Waals surface area contributed by atoms with Crippen LogP contribution in [0.1, 0.15) is 63.4 Å². The van der Waals surface area contributed by atoms with Gasteiger partial charge in [0.25, 0.3) is 0 Å². The lowest BCUT2D eigenvalue weighted by molar-refractivity contribution is 0.217. The molecule has 2 aromatic heterocycles. The zero-order chi connectivity index (χ0) is 22.9. The van der Waals surface area contributed by atoms with E-state index in [1.54, 1.807) is 7.11 Å². The summed E-state index contributed by atoms with van der Waals surface area (Å²) in [6.45, 7) is 6.01. The molecule has 5 nitrogen and oxygen atoms in total. The predicted octanol–water partition coefficient (Wildman–Crippen LogP) is 5.65. The lowest BCUT2D eigenvalue weighted by atomic mass is 9.50. The van der Waals surface area contributed by atoms with Gasteiger partial charge in [-0.1, -0.05) is 60.7 Å². The first-order valence-electron chi connectivity index (χ1n) is 11.4. The molecule has 2 heterocycles. The van der Waals surface area contributed by atoms with Gasteiger partial charge in [0.2, 0.25) is 0 Å². The van der Waals surface area contributed by atoms with E-state index in [1.807, 2.05) is 20.8 Å². The second-order valence-electron chi connectivity index (χ2n) is 8.83. The Bertz CT molecular complexity index is 1190. The molecule has 0 radical (unpaired) electrons. The minimum absolute atomic E-state index is 0.172. The molecule has 33 heavy (non-hydrogen) atoms. The molecule has 0 spiro atoms. The van der Waals surface area contributed by atoms with E-state index in [1.165, 1.54) is 11.1 Å². The van der Waals surface area contributed by atoms with Gasteiger partial charge < -0.3 is 4.74 Å². The van der Waals surface area contributed by atoms with Crippen molar-refractivity contribution >= 4 is 0 Å². The first-order chi connectivity index (χ1) is 16.0. The van der Waals surface area contributed by atoms with Crippen molar-refractivity contribution in [1.82, 2.24) is 19.9 Å². The van der Waals surface area contributed by atoms with Crippen molar-refractivity contribution in [2.75, 3.05) is 7.11 Å². The summed E-state index contributed by atoms with van der Waals surface area (Å²) in [7, 11) is 1.62. The first-order valence-corrected chi connectivity index (χ1v) is 11.4. The Morgan fingerprint density at radius 3 is 1.55 bits per heavy atom. The minimum Gasteiger partial charge on any atom is -0.467 e. The molecule has 166 valence electrons. The largest absolute Gasteiger partial charge is 0.467 e. The Labute approximate surface area is 195 Å². The average Bonchev–Trinajstić information content (AvgIpc) is 2.79. The van der Waals surface area contributed by atoms with E-state index in [-0.39, 0.29) is 23.7 Å². The second-order valence-corrected chi connectivity index (χ2v) is 8.83. The number of rotatable bonds is 5. The van der Waals surface area contributed by atoms with E-state index in [2.05, 4.69) is 82.8 Å². The Morgan fingerprint density at radius 1 is 0.576 bits per heavy atom. The van der Waals surface area contributed by atoms with Crippen molar-refractivity contribution in [1.29, 1.82) is 0 Å². The number of hydrogen-bond donors (Lipinski definition) is 0. The topological polar surface area (TPSA) is 60.8 Å². The second kappa shape index (κ2) is 8.74. The first kappa shape index (κ1) is 21.3. The average molecular weight is 437 g/mol. The summed E-state index contributed by atoms with van der Waals surface area (Å²) in [5, 5.41) is 0. The number of hydrogen-bond acceptors (Lipinski definition) is 5. The van der Waals surface area contributed by atoms with Gasteiger partial charge >= 0.3 is 6.01 Å². The van der Waals surface area contributed by atoms with Gasteiger partial charge in [0.05, 0.1) is 12.8 Å². The third-order valence-corrected chi connectivity index (χ3v) is 6.62. The molecule has 4 aromatic rings. The van der Waals surface area contributed by atoms with Crippen molar-refractivity contribution < 1.29 is 4.74 Å². The Kier molecular flexibility index (Phi) is 5.63. The molecule has 0 amide bonds. The summed E-state index contributed by atoms with van der Waals surface area (Å²) in [6, 6.07) is 26.1. The van der Waals surface area contributed by atoms with Crippen LogP contribution in [0.2, 0.25) is 0 Å². The zero-order valence-corrected chi connectivity index (χ0v) is 19.4. The number of benzene rings is 2. The Balaban J connectivity index is 1.72. The molecule has 0 N–H and O–H groups in total. The molecule has 1 saturated carbocycles. The number of nitrogens with zero attached hydrogens (tertiary/aromatic N) is 4. The summed E-state index contributed by atoms with van der Waals surface area (Å²) >= 11 is 0. The summed E-state index contributed by atoms with van der Waals surface area (Å²) in [4.78, 5) is 18.7. The molecule has 0 saturated heterocycles. The molecule has 5 rings (SSSR count). The van der Waals surface area contributed by atoms with Crippen LogP contribution in [0.5, 0.6) is 6.01 Å². The molecule has 0 aliphatic heterocycles. The van der Waals surface area contributed by atoms with Crippen LogP contribution < -0.4 is 4.74 Å². The Hall–Kier alpha value is -3.60. The van der Waals surface area contributed by atoms with Crippen LogP contribution in [0.25, 0.3) is 0 Å². The molecule has 0 unspecified atom stereocenters. The van der Waals surface area contributed by atoms with Crippen molar-refractivity contribution in [3.05, 3.63) is 113 Å². The van der Waals surface area contributed by atoms with Gasteiger partial charge in [-0.25, -0.2) is 15.0 Å². The summed E-state index contributed by atoms with van der Waals surface area (Å²) < 4.78 is 5.44. The molecule has 5 heteroatoms. The van der Waals surface area contributed by atoms with Crippen LogP contribution in [-0.2, 0) is 0 Å². The quantitative estimate of drug-likeness (QED) is 0.405. The Morgan fingerprint density at radius 2 is 1.06 bits per heavy atom. The molecule has 0 bridgehead atoms. The molecule has 1 aliphatic carbocycles. The van der Waals surface area contributed by atoms with E-state index in [0.29, 0.717) is 6.01 Å². The molecular formula is C28H28N4O. The lowest BCUT2D eigenvalue weighted by Gasteiger charge is -2.52. The molecule has 1 aliphatic rings. The van der Waals surface area contributed by atoms with E-state index >= 15 is 0 Å². The highest BCUT2D eigenvalue weighted by molar-refractivity contribution is 5.46. The van der Waals surface area contributed by atoms with Crippen LogP contribution in [-0.4, -0.2) is 27.0 Å². The maximum atomic E-state index is 5.44. The van der Waals surface area contributed by atoms with E-state index in [9.17, 15) is 0 Å². The van der Waals surface area contributed by atoms with Crippen molar-refractivity contribution in [2.24, 2.45) is 0 Å². The number of aromatic nitrogens is 4. The highest BCUT2D eigenvalue weighted by Crippen LogP contribution is 2.66. The highest BCUT2D eigenvalue weighted by atomic mass is 16.5. The van der Waals surface area contributed by atoms with Gasteiger partial charge in [0, 0.05) is 40.8 Å². The summed E-state index contributed by atoms with van der Waals surface area (Å²) in [5.74, 6) is 1.65. The van der Waals surface area contributed by atoms with E-state index in [0.717, 1.165) is 28.6 Å². The minimum atomic E-state index is 0.172. The lowest BCUT2D eigenvalue weighted by Crippen LogP contribution is -2.41. The SMILES string of the molecule is COc1nc(C)cc([C@H]2[C@H](c3ccccc3)[C@@H](c3cc(C)nc(C)n3)[C@H]2c2ccccc2)n1. The van der Waals surface area contributed by atoms with Gasteiger partial charge in [-0.2, -0.15) is 4.98 Å². The van der Waals surface area contributed by atoms with Gasteiger partial charge in [0.15, 0.2) is 0 Å². The summed E-state index contributed by atoms with van der Waals surface area (Å²) in [6.07, 6.45) is 0. The fourth-order valence-corrected chi connectivity index (χ4v) is 5.41. The van der Waals surface area contributed by atoms with Crippen LogP contribution in [0, 0.1) is 20.8 Å². The highest BCUT2D eigenvalue weighted by Gasteiger charge is 2.54. The molecule has 2 aromatic carbocycles. The van der Waals surface area contributed by atoms with Crippen molar-refractivity contribution in [3.8, 4) is 6.01 Å². The van der Waals surface area contributed by atoms with Gasteiger partial charge in [-0.05, 0) is 44.0 Å². The maximum Gasteiger partial charge on any atom is 0.316 e. The van der Waals surface area contributed by atoms with E-state index in [4.69, 9.17) is 14.7 Å². The number of ether oxygens (including phenoxy) is 1. The number of aryl methyl sites for hydroxylation is 3. The molecule has 2 atom stereocenters. The maximum absolute atomic E-state index is 5.44. The van der Waals surface area contributed by atoms with Crippen LogP contribution in [0.4, 0.5) is 0 Å². The molecule has 1 fully saturated rings. The monoisotopic (exact) mass is 436 g/mol. The smallest absolute Gasteiger partial charge is 0.316 e. The van der Waals surface area contributed by atoms with E-state index < -0.39 is 0 Å². The van der Waals surface area contributed by atoms with Crippen LogP contribution in [0.3, 0.4) is 0 Å².